The van der Waals surface area contributed by atoms with E-state index in [9.17, 15) is 72.9 Å². The molecule has 0 aliphatic rings. The van der Waals surface area contributed by atoms with Gasteiger partial charge in [-0.1, -0.05) is 64.4 Å². The van der Waals surface area contributed by atoms with Gasteiger partial charge in [0.2, 0.25) is 59.1 Å². The summed E-state index contributed by atoms with van der Waals surface area (Å²) in [4.78, 5) is 158. The second-order valence-electron chi connectivity index (χ2n) is 17.9. The monoisotopic (exact) mass is 1220 g/mol. The van der Waals surface area contributed by atoms with Crippen LogP contribution < -0.4 is 70.4 Å². The van der Waals surface area contributed by atoms with Crippen molar-refractivity contribution in [1.82, 2.24) is 56.3 Å². The molecule has 8 atom stereocenters. The van der Waals surface area contributed by atoms with Crippen LogP contribution in [0.25, 0.3) is 0 Å². The average Bonchev–Trinajstić information content (AvgIpc) is 3.40. The van der Waals surface area contributed by atoms with E-state index in [2.05, 4.69) is 58.2 Å². The number of aliphatic carboxylic acids is 1. The van der Waals surface area contributed by atoms with Crippen molar-refractivity contribution in [1.29, 1.82) is 0 Å². The lowest BCUT2D eigenvalue weighted by Crippen LogP contribution is -2.58. The molecule has 1 rings (SSSR count). The van der Waals surface area contributed by atoms with Crippen molar-refractivity contribution in [3.63, 3.8) is 0 Å². The first-order valence-electron chi connectivity index (χ1n) is 24.5. The summed E-state index contributed by atoms with van der Waals surface area (Å²) in [7, 11) is 0. The number of hydrogen-bond acceptors (Lipinski definition) is 17. The lowest BCUT2D eigenvalue weighted by molar-refractivity contribution is -0.142. The zero-order valence-electron chi connectivity index (χ0n) is 43.7. The van der Waals surface area contributed by atoms with Gasteiger partial charge in [0.05, 0.1) is 75.4 Å². The fraction of sp³-hybridized carbons (Fsp3) is 0.587. The SMILES string of the molecule is CC[C@H](C)[C@@H](C(=O)N[C@@H](CO)C(=O)NCC(=O)N[C@@H](CC(C)C)C(=O)NCC(=O)N[C@@H](CO)C(=O)N[C@@H](CCCN=C(N)N)C(=O)O)N(I)C(=O)CNC(=O)[C@H](Cc1ccccc1)NC(=O)CNC(=O)CNC(=O)[C@@H](N)CO. The van der Waals surface area contributed by atoms with Gasteiger partial charge in [-0.3, -0.25) is 60.8 Å². The van der Waals surface area contributed by atoms with Crippen molar-refractivity contribution in [3.8, 4) is 0 Å². The highest BCUT2D eigenvalue weighted by Crippen LogP contribution is 2.20. The Balaban J connectivity index is 2.93. The molecule has 31 nitrogen and oxygen atoms in total. The number of nitrogens with zero attached hydrogens (tertiary/aromatic N) is 2. The highest BCUT2D eigenvalue weighted by Gasteiger charge is 2.36. The van der Waals surface area contributed by atoms with Crippen LogP contribution in [-0.4, -0.2) is 202 Å². The lowest BCUT2D eigenvalue weighted by atomic mass is 9.98. The van der Waals surface area contributed by atoms with Gasteiger partial charge in [0.1, 0.15) is 42.3 Å². The molecule has 0 radical (unpaired) electrons. The maximum Gasteiger partial charge on any atom is 0.326 e. The fourth-order valence-corrected chi connectivity index (χ4v) is 7.68. The maximum atomic E-state index is 13.8. The largest absolute Gasteiger partial charge is 0.480 e. The molecule has 436 valence electrons. The number of nitrogens with two attached hydrogens (primary N) is 3. The maximum absolute atomic E-state index is 13.8. The molecule has 0 spiro atoms. The van der Waals surface area contributed by atoms with Crippen LogP contribution in [0.2, 0.25) is 0 Å². The van der Waals surface area contributed by atoms with E-state index >= 15 is 0 Å². The molecule has 0 aliphatic heterocycles. The average molecular weight is 1220 g/mol. The van der Waals surface area contributed by atoms with Gasteiger partial charge in [-0.15, -0.1) is 0 Å². The highest BCUT2D eigenvalue weighted by molar-refractivity contribution is 14.1. The number of hydrogen-bond donors (Lipinski definition) is 17. The predicted molar refractivity (Wildman–Crippen MR) is 285 cm³/mol. The summed E-state index contributed by atoms with van der Waals surface area (Å²) in [6, 6.07) is -1.28. The summed E-state index contributed by atoms with van der Waals surface area (Å²) in [5, 5.41) is 61.5. The van der Waals surface area contributed by atoms with Gasteiger partial charge in [0, 0.05) is 13.0 Å². The normalized spacial score (nSPS) is 13.9. The first-order chi connectivity index (χ1) is 36.8. The molecule has 0 aliphatic carbocycles. The van der Waals surface area contributed by atoms with E-state index in [1.807, 2.05) is 0 Å². The van der Waals surface area contributed by atoms with E-state index in [4.69, 9.17) is 22.3 Å². The van der Waals surface area contributed by atoms with Gasteiger partial charge >= 0.3 is 5.97 Å². The van der Waals surface area contributed by atoms with Gasteiger partial charge in [-0.05, 0) is 36.7 Å². The number of rotatable bonds is 36. The van der Waals surface area contributed by atoms with E-state index in [1.165, 1.54) is 0 Å². The Kier molecular flexibility index (Phi) is 32.3. The van der Waals surface area contributed by atoms with Crippen LogP contribution >= 0.6 is 22.9 Å². The second-order valence-corrected chi connectivity index (χ2v) is 19.0. The number of carbonyl (C=O) groups excluding carboxylic acids is 11. The minimum absolute atomic E-state index is 0.0383. The fourth-order valence-electron chi connectivity index (χ4n) is 6.71. The molecule has 0 unspecified atom stereocenters. The number of aliphatic hydroxyl groups is 3. The summed E-state index contributed by atoms with van der Waals surface area (Å²) in [6.07, 6.45) is 0.399. The van der Waals surface area contributed by atoms with Crippen molar-refractivity contribution in [2.24, 2.45) is 34.0 Å². The summed E-state index contributed by atoms with van der Waals surface area (Å²) in [5.74, 6) is -12.0. The van der Waals surface area contributed by atoms with Crippen molar-refractivity contribution >= 4 is 99.8 Å². The van der Waals surface area contributed by atoms with E-state index in [0.29, 0.717) is 12.0 Å². The van der Waals surface area contributed by atoms with E-state index < -0.39 is 172 Å². The molecular formula is C46H74IN15O16. The van der Waals surface area contributed by atoms with E-state index in [-0.39, 0.29) is 44.1 Å². The second kappa shape index (κ2) is 36.7. The highest BCUT2D eigenvalue weighted by atomic mass is 127. The van der Waals surface area contributed by atoms with Crippen LogP contribution in [0.4, 0.5) is 0 Å². The van der Waals surface area contributed by atoms with Crippen molar-refractivity contribution in [3.05, 3.63) is 35.9 Å². The Morgan fingerprint density at radius 3 is 1.59 bits per heavy atom. The van der Waals surface area contributed by atoms with Gasteiger partial charge in [0.15, 0.2) is 5.96 Å². The van der Waals surface area contributed by atoms with Gasteiger partial charge < -0.3 is 90.8 Å². The summed E-state index contributed by atoms with van der Waals surface area (Å²) in [6.45, 7) is 0.963. The molecule has 32 heteroatoms. The predicted octanol–water partition coefficient (Wildman–Crippen LogP) is -7.68. The zero-order chi connectivity index (χ0) is 59.1. The number of amides is 11. The zero-order valence-corrected chi connectivity index (χ0v) is 45.8. The summed E-state index contributed by atoms with van der Waals surface area (Å²) >= 11 is 1.57. The molecule has 0 saturated heterocycles. The molecule has 11 amide bonds. The molecule has 78 heavy (non-hydrogen) atoms. The lowest BCUT2D eigenvalue weighted by Gasteiger charge is -2.31. The van der Waals surface area contributed by atoms with Gasteiger partial charge in [-0.2, -0.15) is 0 Å². The molecular weight excluding hydrogens is 1150 g/mol. The Hall–Kier alpha value is -7.30. The Morgan fingerprint density at radius 2 is 1.06 bits per heavy atom. The first kappa shape index (κ1) is 68.7. The first-order valence-corrected chi connectivity index (χ1v) is 25.5. The number of guanidine groups is 1. The van der Waals surface area contributed by atoms with Crippen LogP contribution in [0, 0.1) is 11.8 Å². The van der Waals surface area contributed by atoms with Crippen molar-refractivity contribution in [2.45, 2.75) is 102 Å². The summed E-state index contributed by atoms with van der Waals surface area (Å²) < 4.78 is 0.998. The molecule has 1 aromatic rings. The number of aliphatic hydroxyl groups excluding tert-OH is 3. The molecule has 20 N–H and O–H groups in total. The Bertz CT molecular complexity index is 2240. The van der Waals surface area contributed by atoms with Crippen molar-refractivity contribution in [2.75, 3.05) is 59.1 Å². The number of halogens is 1. The number of nitrogens with one attached hydrogen (secondary N) is 10. The van der Waals surface area contributed by atoms with E-state index in [0.717, 1.165) is 3.11 Å². The molecule has 0 bridgehead atoms. The quantitative estimate of drug-likeness (QED) is 0.00976. The molecule has 0 fully saturated rings. The Labute approximate surface area is 463 Å². The minimum Gasteiger partial charge on any atom is -0.480 e. The Morgan fingerprint density at radius 1 is 0.590 bits per heavy atom. The van der Waals surface area contributed by atoms with Crippen LogP contribution in [-0.2, 0) is 64.0 Å². The molecule has 0 aromatic heterocycles. The number of aliphatic imine (C=N–C) groups is 1. The van der Waals surface area contributed by atoms with Gasteiger partial charge in [-0.25, -0.2) is 4.79 Å². The number of carboxylic acids is 1. The van der Waals surface area contributed by atoms with Crippen LogP contribution in [0.3, 0.4) is 0 Å². The third-order valence-electron chi connectivity index (χ3n) is 11.1. The third-order valence-corrected chi connectivity index (χ3v) is 12.2. The van der Waals surface area contributed by atoms with E-state index in [1.54, 1.807) is 80.9 Å². The standard InChI is InChI=1S/C46H74IN15O16/c1-5-25(4)38(62(47)37(70)20-56-41(73)30(15-26-10-7-6-8-11-26)58-34(67)17-52-33(66)16-53-39(71)27(48)21-63)44(76)61-31(22-64)42(74)55-18-35(68)57-29(14-24(2)3)40(72)54-19-36(69)59-32(23-65)43(75)60-28(45(77)78)12-9-13-51-46(49)50/h6-8,10-11,24-25,27-32,38,63-65H,5,9,12-23,48H2,1-4H3,(H,52,66)(H,53,71)(H,54,72)(H,55,74)(H,56,73)(H,57,68)(H,58,67)(H,59,69)(H,60,75)(H,61,76)(H,77,78)(H4,49,50,51)/t25-,27-,28-,29-,30-,31-,32-,38-/m0/s1. The summed E-state index contributed by atoms with van der Waals surface area (Å²) in [5.41, 5.74) is 16.5. The van der Waals surface area contributed by atoms with Crippen LogP contribution in [0.15, 0.2) is 35.3 Å². The molecule has 0 heterocycles. The number of benzene rings is 1. The van der Waals surface area contributed by atoms with Crippen molar-refractivity contribution < 1.29 is 78.0 Å². The smallest absolute Gasteiger partial charge is 0.326 e. The van der Waals surface area contributed by atoms with Gasteiger partial charge in [0.25, 0.3) is 5.91 Å². The number of carboxylic acid groups (broad SMARTS) is 1. The molecule has 0 saturated carbocycles. The topological polar surface area (TPSA) is 500 Å². The minimum atomic E-state index is -1.66. The third kappa shape index (κ3) is 26.6. The number of carbonyl (C=O) groups is 12. The van der Waals surface area contributed by atoms with Crippen LogP contribution in [0.5, 0.6) is 0 Å². The van der Waals surface area contributed by atoms with Crippen LogP contribution in [0.1, 0.15) is 58.9 Å². The molecule has 1 aromatic carbocycles.